The molecule has 0 saturated carbocycles. The van der Waals surface area contributed by atoms with Gasteiger partial charge in [0.15, 0.2) is 0 Å². The summed E-state index contributed by atoms with van der Waals surface area (Å²) in [6.45, 7) is 0.737. The molecule has 0 bridgehead atoms. The summed E-state index contributed by atoms with van der Waals surface area (Å²) in [5, 5.41) is 3.00. The average Bonchev–Trinajstić information content (AvgIpc) is 2.25. The van der Waals surface area contributed by atoms with Crippen molar-refractivity contribution in [3.63, 3.8) is 0 Å². The molecular weight excluding hydrogens is 254 g/mol. The Labute approximate surface area is 102 Å². The van der Waals surface area contributed by atoms with Crippen molar-refractivity contribution in [1.29, 1.82) is 0 Å². The van der Waals surface area contributed by atoms with Crippen LogP contribution in [-0.2, 0) is 6.54 Å². The van der Waals surface area contributed by atoms with Gasteiger partial charge >= 0.3 is 5.51 Å². The van der Waals surface area contributed by atoms with E-state index in [-0.39, 0.29) is 23.3 Å². The number of thioether (sulfide) groups is 1. The Kier molecular flexibility index (Phi) is 5.77. The van der Waals surface area contributed by atoms with E-state index < -0.39 is 5.51 Å². The summed E-state index contributed by atoms with van der Waals surface area (Å²) in [5.74, 6) is 0. The van der Waals surface area contributed by atoms with Gasteiger partial charge < -0.3 is 5.32 Å². The van der Waals surface area contributed by atoms with Gasteiger partial charge in [0, 0.05) is 11.4 Å². The largest absolute Gasteiger partial charge is 0.446 e. The highest BCUT2D eigenvalue weighted by molar-refractivity contribution is 8.00. The molecule has 96 valence electrons. The van der Waals surface area contributed by atoms with Crippen LogP contribution in [-0.4, -0.2) is 18.7 Å². The Hall–Kier alpha value is -0.750. The lowest BCUT2D eigenvalue weighted by atomic mass is 10.2. The predicted octanol–water partition coefficient (Wildman–Crippen LogP) is 3.75. The summed E-state index contributed by atoms with van der Waals surface area (Å²) in [6, 6.07) is 6.14. The van der Waals surface area contributed by atoms with Crippen molar-refractivity contribution in [2.24, 2.45) is 0 Å². The lowest BCUT2D eigenvalue weighted by Gasteiger charge is -2.07. The van der Waals surface area contributed by atoms with E-state index in [9.17, 15) is 17.6 Å². The third-order valence-corrected chi connectivity index (χ3v) is 2.71. The van der Waals surface area contributed by atoms with Crippen LogP contribution in [0.3, 0.4) is 0 Å². The van der Waals surface area contributed by atoms with Gasteiger partial charge in [-0.05, 0) is 42.4 Å². The van der Waals surface area contributed by atoms with Crippen LogP contribution < -0.4 is 5.32 Å². The number of hydrogen-bond acceptors (Lipinski definition) is 2. The Morgan fingerprint density at radius 2 is 1.76 bits per heavy atom. The van der Waals surface area contributed by atoms with Gasteiger partial charge in [-0.2, -0.15) is 13.2 Å². The van der Waals surface area contributed by atoms with E-state index in [0.29, 0.717) is 19.5 Å². The van der Waals surface area contributed by atoms with E-state index in [1.165, 1.54) is 12.1 Å². The Morgan fingerprint density at radius 3 is 2.29 bits per heavy atom. The Bertz CT molecular complexity index is 323. The number of halogens is 4. The van der Waals surface area contributed by atoms with E-state index in [1.54, 1.807) is 12.1 Å². The maximum atomic E-state index is 12.0. The van der Waals surface area contributed by atoms with E-state index in [4.69, 9.17) is 0 Å². The van der Waals surface area contributed by atoms with Crippen molar-refractivity contribution in [1.82, 2.24) is 5.32 Å². The zero-order valence-corrected chi connectivity index (χ0v) is 9.87. The number of alkyl halides is 4. The van der Waals surface area contributed by atoms with Crippen LogP contribution in [0, 0.1) is 0 Å². The molecule has 0 amide bonds. The van der Waals surface area contributed by atoms with E-state index in [0.717, 1.165) is 5.56 Å². The maximum Gasteiger partial charge on any atom is 0.446 e. The first-order valence-corrected chi connectivity index (χ1v) is 5.94. The van der Waals surface area contributed by atoms with Crippen molar-refractivity contribution in [3.8, 4) is 0 Å². The number of rotatable bonds is 6. The summed E-state index contributed by atoms with van der Waals surface area (Å²) in [7, 11) is 0. The molecule has 0 unspecified atom stereocenters. The first-order valence-electron chi connectivity index (χ1n) is 5.12. The first kappa shape index (κ1) is 14.3. The van der Waals surface area contributed by atoms with E-state index >= 15 is 0 Å². The van der Waals surface area contributed by atoms with E-state index in [2.05, 4.69) is 5.32 Å². The third-order valence-electron chi connectivity index (χ3n) is 1.97. The lowest BCUT2D eigenvalue weighted by molar-refractivity contribution is -0.0328. The maximum absolute atomic E-state index is 12.0. The summed E-state index contributed by atoms with van der Waals surface area (Å²) in [6.07, 6.45) is 0.446. The molecule has 0 fully saturated rings. The molecule has 0 radical (unpaired) electrons. The second kappa shape index (κ2) is 6.86. The fraction of sp³-hybridized carbons (Fsp3) is 0.455. The SMILES string of the molecule is FCCCNCc1ccc(SC(F)(F)F)cc1. The van der Waals surface area contributed by atoms with Gasteiger partial charge in [-0.15, -0.1) is 0 Å². The molecule has 17 heavy (non-hydrogen) atoms. The van der Waals surface area contributed by atoms with Gasteiger partial charge in [0.05, 0.1) is 6.67 Å². The molecule has 0 atom stereocenters. The zero-order valence-electron chi connectivity index (χ0n) is 9.06. The van der Waals surface area contributed by atoms with Crippen molar-refractivity contribution in [2.45, 2.75) is 23.4 Å². The second-order valence-corrected chi connectivity index (χ2v) is 4.55. The van der Waals surface area contributed by atoms with Gasteiger partial charge in [0.25, 0.3) is 0 Å². The molecule has 0 aliphatic carbocycles. The number of nitrogens with one attached hydrogen (secondary N) is 1. The summed E-state index contributed by atoms with van der Waals surface area (Å²) < 4.78 is 47.9. The molecule has 0 heterocycles. The minimum atomic E-state index is -4.25. The van der Waals surface area contributed by atoms with Crippen LogP contribution in [0.15, 0.2) is 29.2 Å². The van der Waals surface area contributed by atoms with Gasteiger partial charge in [-0.3, -0.25) is 4.39 Å². The van der Waals surface area contributed by atoms with Crippen LogP contribution in [0.1, 0.15) is 12.0 Å². The molecule has 1 rings (SSSR count). The number of hydrogen-bond donors (Lipinski definition) is 1. The van der Waals surface area contributed by atoms with Crippen molar-refractivity contribution in [3.05, 3.63) is 29.8 Å². The predicted molar refractivity (Wildman–Crippen MR) is 60.7 cm³/mol. The average molecular weight is 267 g/mol. The number of benzene rings is 1. The Balaban J connectivity index is 2.39. The van der Waals surface area contributed by atoms with Gasteiger partial charge in [-0.25, -0.2) is 0 Å². The standard InChI is InChI=1S/C11H13F4NS/c12-6-1-7-16-8-9-2-4-10(5-3-9)17-11(13,14)15/h2-5,16H,1,6-8H2. The normalized spacial score (nSPS) is 11.8. The monoisotopic (exact) mass is 267 g/mol. The zero-order chi connectivity index (χ0) is 12.7. The topological polar surface area (TPSA) is 12.0 Å². The molecule has 1 aromatic rings. The Morgan fingerprint density at radius 1 is 1.12 bits per heavy atom. The molecule has 0 aliphatic rings. The van der Waals surface area contributed by atoms with Crippen LogP contribution in [0.2, 0.25) is 0 Å². The van der Waals surface area contributed by atoms with Crippen molar-refractivity contribution < 1.29 is 17.6 Å². The molecule has 0 aliphatic heterocycles. The van der Waals surface area contributed by atoms with Gasteiger partial charge in [0.2, 0.25) is 0 Å². The van der Waals surface area contributed by atoms with E-state index in [1.807, 2.05) is 0 Å². The summed E-state index contributed by atoms with van der Waals surface area (Å²) in [4.78, 5) is 0.171. The molecule has 0 spiro atoms. The van der Waals surface area contributed by atoms with Crippen LogP contribution in [0.25, 0.3) is 0 Å². The van der Waals surface area contributed by atoms with Crippen LogP contribution in [0.5, 0.6) is 0 Å². The van der Waals surface area contributed by atoms with Crippen molar-refractivity contribution >= 4 is 11.8 Å². The molecule has 1 aromatic carbocycles. The molecule has 0 saturated heterocycles. The fourth-order valence-corrected chi connectivity index (χ4v) is 1.77. The summed E-state index contributed by atoms with van der Waals surface area (Å²) in [5.41, 5.74) is -3.36. The molecule has 6 heteroatoms. The summed E-state index contributed by atoms with van der Waals surface area (Å²) >= 11 is -0.129. The quantitative estimate of drug-likeness (QED) is 0.478. The third kappa shape index (κ3) is 6.53. The minimum absolute atomic E-state index is 0.129. The minimum Gasteiger partial charge on any atom is -0.313 e. The lowest BCUT2D eigenvalue weighted by Crippen LogP contribution is -2.14. The van der Waals surface area contributed by atoms with Gasteiger partial charge in [0.1, 0.15) is 0 Å². The molecule has 1 nitrogen and oxygen atoms in total. The highest BCUT2D eigenvalue weighted by Gasteiger charge is 2.28. The molecular formula is C11H13F4NS. The molecule has 1 N–H and O–H groups in total. The highest BCUT2D eigenvalue weighted by atomic mass is 32.2. The van der Waals surface area contributed by atoms with Gasteiger partial charge in [-0.1, -0.05) is 12.1 Å². The smallest absolute Gasteiger partial charge is 0.313 e. The molecule has 0 aromatic heterocycles. The highest BCUT2D eigenvalue weighted by Crippen LogP contribution is 2.36. The van der Waals surface area contributed by atoms with Crippen LogP contribution >= 0.6 is 11.8 Å². The first-order chi connectivity index (χ1) is 8.01. The fourth-order valence-electron chi connectivity index (χ4n) is 1.23. The van der Waals surface area contributed by atoms with Crippen LogP contribution in [0.4, 0.5) is 17.6 Å². The second-order valence-electron chi connectivity index (χ2n) is 3.41. The van der Waals surface area contributed by atoms with Crippen molar-refractivity contribution in [2.75, 3.05) is 13.2 Å².